The molecule has 5 rings (SSSR count). The van der Waals surface area contributed by atoms with E-state index < -0.39 is 0 Å². The summed E-state index contributed by atoms with van der Waals surface area (Å²) in [6.45, 7) is 9.34. The molecule has 0 atom stereocenters. The minimum absolute atomic E-state index is 0.679. The van der Waals surface area contributed by atoms with E-state index in [0.717, 1.165) is 37.6 Å². The Balaban J connectivity index is 0.000000186. The standard InChI is InChI=1S/C19H25NO.C16H22N2O/c1(4-12-20-13-5-6-14-20)7-15-21-19-11-10-17-8-2-3-9-18(17)16-19;17-14-15-6-8-16(9-7-15)19-13-5-1-2-10-18-11-3-4-12-18/h2-3,8-11,16H,1,4-7,12-15H2;6-9H,1-5,10-13H2. The number of benzene rings is 3. The van der Waals surface area contributed by atoms with Gasteiger partial charge >= 0.3 is 0 Å². The molecule has 0 amide bonds. The van der Waals surface area contributed by atoms with Gasteiger partial charge in [-0.25, -0.2) is 0 Å². The number of fused-ring (bicyclic) bond motifs is 1. The average Bonchev–Trinajstić information content (AvgIpc) is 3.72. The van der Waals surface area contributed by atoms with E-state index in [1.165, 1.54) is 101 Å². The SMILES string of the molecule is N#Cc1ccc(OCCCCCN2CCCC2)cc1.c1ccc2cc(OCCCCCN3CCCC3)ccc2c1. The van der Waals surface area contributed by atoms with Gasteiger partial charge in [-0.2, -0.15) is 5.26 Å². The number of unbranched alkanes of at least 4 members (excludes halogenated alkanes) is 4. The molecule has 3 aromatic rings. The van der Waals surface area contributed by atoms with E-state index in [1.807, 2.05) is 12.1 Å². The van der Waals surface area contributed by atoms with Crippen LogP contribution >= 0.6 is 0 Å². The molecule has 0 aliphatic carbocycles. The lowest BCUT2D eigenvalue weighted by Gasteiger charge is -2.14. The molecule has 3 aromatic carbocycles. The van der Waals surface area contributed by atoms with Crippen LogP contribution < -0.4 is 9.47 Å². The van der Waals surface area contributed by atoms with E-state index >= 15 is 0 Å². The fourth-order valence-corrected chi connectivity index (χ4v) is 5.50. The normalized spacial score (nSPS) is 15.5. The molecule has 0 spiro atoms. The van der Waals surface area contributed by atoms with Crippen LogP contribution in [-0.2, 0) is 0 Å². The molecule has 0 radical (unpaired) electrons. The molecule has 2 aliphatic rings. The smallest absolute Gasteiger partial charge is 0.119 e. The van der Waals surface area contributed by atoms with Crippen LogP contribution in [0, 0.1) is 11.3 Å². The zero-order valence-corrected chi connectivity index (χ0v) is 24.2. The lowest BCUT2D eigenvalue weighted by atomic mass is 10.1. The maximum Gasteiger partial charge on any atom is 0.119 e. The number of rotatable bonds is 14. The summed E-state index contributed by atoms with van der Waals surface area (Å²) < 4.78 is 11.5. The van der Waals surface area contributed by atoms with Gasteiger partial charge in [0.2, 0.25) is 0 Å². The first-order valence-corrected chi connectivity index (χ1v) is 15.5. The first-order valence-electron chi connectivity index (χ1n) is 15.5. The van der Waals surface area contributed by atoms with Crippen LogP contribution in [0.5, 0.6) is 11.5 Å². The minimum atomic E-state index is 0.679. The highest BCUT2D eigenvalue weighted by atomic mass is 16.5. The van der Waals surface area contributed by atoms with Crippen molar-refractivity contribution in [2.24, 2.45) is 0 Å². The van der Waals surface area contributed by atoms with Gasteiger partial charge in [-0.15, -0.1) is 0 Å². The molecule has 2 saturated heterocycles. The predicted octanol–water partition coefficient (Wildman–Crippen LogP) is 7.69. The van der Waals surface area contributed by atoms with Crippen LogP contribution in [0.1, 0.15) is 69.8 Å². The predicted molar refractivity (Wildman–Crippen MR) is 165 cm³/mol. The Morgan fingerprint density at radius 2 is 1.10 bits per heavy atom. The zero-order valence-electron chi connectivity index (χ0n) is 24.2. The van der Waals surface area contributed by atoms with Crippen LogP contribution in [0.4, 0.5) is 0 Å². The molecule has 0 aromatic heterocycles. The molecule has 5 heteroatoms. The Kier molecular flexibility index (Phi) is 13.1. The molecule has 2 heterocycles. The topological polar surface area (TPSA) is 48.7 Å². The van der Waals surface area contributed by atoms with Gasteiger partial charge < -0.3 is 19.3 Å². The number of ether oxygens (including phenoxy) is 2. The third-order valence-electron chi connectivity index (χ3n) is 7.88. The van der Waals surface area contributed by atoms with Crippen LogP contribution in [-0.4, -0.2) is 62.3 Å². The molecule has 5 nitrogen and oxygen atoms in total. The van der Waals surface area contributed by atoms with Crippen LogP contribution in [0.2, 0.25) is 0 Å². The molecule has 2 aliphatic heterocycles. The lowest BCUT2D eigenvalue weighted by Crippen LogP contribution is -2.20. The zero-order chi connectivity index (χ0) is 27.7. The fourth-order valence-electron chi connectivity index (χ4n) is 5.50. The van der Waals surface area contributed by atoms with Gasteiger partial charge in [-0.1, -0.05) is 30.3 Å². The van der Waals surface area contributed by atoms with Crippen molar-refractivity contribution in [3.8, 4) is 17.6 Å². The van der Waals surface area contributed by atoms with Gasteiger partial charge in [0.1, 0.15) is 11.5 Å². The third-order valence-corrected chi connectivity index (χ3v) is 7.88. The summed E-state index contributed by atoms with van der Waals surface area (Å²) in [6.07, 6.45) is 12.9. The van der Waals surface area contributed by atoms with E-state index in [4.69, 9.17) is 14.7 Å². The molecule has 0 bridgehead atoms. The molecule has 0 N–H and O–H groups in total. The highest BCUT2D eigenvalue weighted by Crippen LogP contribution is 2.21. The van der Waals surface area contributed by atoms with Crippen molar-refractivity contribution in [2.75, 3.05) is 52.5 Å². The van der Waals surface area contributed by atoms with E-state index in [-0.39, 0.29) is 0 Å². The van der Waals surface area contributed by atoms with Crippen molar-refractivity contribution >= 4 is 10.8 Å². The summed E-state index contributed by atoms with van der Waals surface area (Å²) in [5.41, 5.74) is 0.679. The average molecular weight is 542 g/mol. The van der Waals surface area contributed by atoms with E-state index in [2.05, 4.69) is 58.3 Å². The number of likely N-dealkylation sites (tertiary alicyclic amines) is 2. The second-order valence-electron chi connectivity index (χ2n) is 11.1. The van der Waals surface area contributed by atoms with E-state index in [9.17, 15) is 0 Å². The first kappa shape index (κ1) is 29.9. The second-order valence-corrected chi connectivity index (χ2v) is 11.1. The molecular weight excluding hydrogens is 494 g/mol. The Bertz CT molecular complexity index is 1150. The van der Waals surface area contributed by atoms with Gasteiger partial charge in [-0.05, 0) is 151 Å². The monoisotopic (exact) mass is 541 g/mol. The highest BCUT2D eigenvalue weighted by molar-refractivity contribution is 5.83. The maximum absolute atomic E-state index is 8.70. The van der Waals surface area contributed by atoms with Gasteiger partial charge in [0.05, 0.1) is 24.8 Å². The number of hydrogen-bond acceptors (Lipinski definition) is 5. The Morgan fingerprint density at radius 1 is 0.575 bits per heavy atom. The Hall–Kier alpha value is -3.07. The van der Waals surface area contributed by atoms with Crippen molar-refractivity contribution in [2.45, 2.75) is 64.2 Å². The molecule has 2 fully saturated rings. The largest absolute Gasteiger partial charge is 0.494 e. The van der Waals surface area contributed by atoms with E-state index in [1.54, 1.807) is 12.1 Å². The number of nitrogens with zero attached hydrogens (tertiary/aromatic N) is 3. The molecule has 214 valence electrons. The fraction of sp³-hybridized carbons (Fsp3) is 0.514. The van der Waals surface area contributed by atoms with Crippen molar-refractivity contribution in [1.29, 1.82) is 5.26 Å². The quantitative estimate of drug-likeness (QED) is 0.196. The van der Waals surface area contributed by atoms with Crippen molar-refractivity contribution in [1.82, 2.24) is 9.80 Å². The van der Waals surface area contributed by atoms with Crippen molar-refractivity contribution in [3.05, 3.63) is 72.3 Å². The Morgan fingerprint density at radius 3 is 1.68 bits per heavy atom. The molecule has 0 saturated carbocycles. The number of hydrogen-bond donors (Lipinski definition) is 0. The first-order chi connectivity index (χ1) is 19.8. The van der Waals surface area contributed by atoms with Crippen LogP contribution in [0.3, 0.4) is 0 Å². The summed E-state index contributed by atoms with van der Waals surface area (Å²) in [7, 11) is 0. The molecule has 40 heavy (non-hydrogen) atoms. The van der Waals surface area contributed by atoms with Gasteiger partial charge in [0.25, 0.3) is 0 Å². The maximum atomic E-state index is 8.70. The third kappa shape index (κ3) is 10.8. The number of nitriles is 1. The summed E-state index contributed by atoms with van der Waals surface area (Å²) in [5.74, 6) is 1.85. The van der Waals surface area contributed by atoms with Crippen molar-refractivity contribution in [3.63, 3.8) is 0 Å². The minimum Gasteiger partial charge on any atom is -0.494 e. The molecular formula is C35H47N3O2. The molecule has 0 unspecified atom stereocenters. The van der Waals surface area contributed by atoms with Crippen LogP contribution in [0.25, 0.3) is 10.8 Å². The highest BCUT2D eigenvalue weighted by Gasteiger charge is 2.11. The van der Waals surface area contributed by atoms with Crippen LogP contribution in [0.15, 0.2) is 66.7 Å². The summed E-state index contributed by atoms with van der Waals surface area (Å²) in [4.78, 5) is 5.14. The second kappa shape index (κ2) is 17.6. The summed E-state index contributed by atoms with van der Waals surface area (Å²) in [6, 6.07) is 24.2. The van der Waals surface area contributed by atoms with Gasteiger partial charge in [0, 0.05) is 0 Å². The van der Waals surface area contributed by atoms with Gasteiger partial charge in [0.15, 0.2) is 0 Å². The van der Waals surface area contributed by atoms with Gasteiger partial charge in [-0.3, -0.25) is 0 Å². The van der Waals surface area contributed by atoms with Crippen molar-refractivity contribution < 1.29 is 9.47 Å². The Labute approximate surface area is 241 Å². The lowest BCUT2D eigenvalue weighted by molar-refractivity contribution is 0.290. The summed E-state index contributed by atoms with van der Waals surface area (Å²) in [5, 5.41) is 11.2. The van der Waals surface area contributed by atoms with E-state index in [0.29, 0.717) is 5.56 Å². The summed E-state index contributed by atoms with van der Waals surface area (Å²) >= 11 is 0.